The van der Waals surface area contributed by atoms with E-state index < -0.39 is 0 Å². The van der Waals surface area contributed by atoms with Crippen molar-refractivity contribution in [3.8, 4) is 0 Å². The number of hydrogen-bond donors (Lipinski definition) is 0. The summed E-state index contributed by atoms with van der Waals surface area (Å²) in [6.07, 6.45) is 12.7. The molecule has 10 radical (unpaired) electrons. The van der Waals surface area contributed by atoms with Gasteiger partial charge in [0.1, 0.15) is 0 Å². The minimum Gasteiger partial charge on any atom is -0.0985 e. The van der Waals surface area contributed by atoms with Crippen molar-refractivity contribution in [1.82, 2.24) is 0 Å². The van der Waals surface area contributed by atoms with E-state index in [-0.39, 0.29) is 17.1 Å². The predicted octanol–water partition coefficient (Wildman–Crippen LogP) is 7.72. The molecule has 2 aromatic carbocycles. The topological polar surface area (TPSA) is 0 Å². The van der Waals surface area contributed by atoms with E-state index in [2.05, 4.69) is 115 Å². The van der Waals surface area contributed by atoms with E-state index in [1.807, 2.05) is 12.2 Å². The number of hydrogen-bond acceptors (Lipinski definition) is 0. The summed E-state index contributed by atoms with van der Waals surface area (Å²) in [4.78, 5) is 0. The van der Waals surface area contributed by atoms with Crippen molar-refractivity contribution >= 4 is 12.2 Å². The van der Waals surface area contributed by atoms with Crippen LogP contribution >= 0.6 is 0 Å². The maximum absolute atomic E-state index is 3.75. The molecule has 2 saturated carbocycles. The van der Waals surface area contributed by atoms with Crippen LogP contribution in [0.5, 0.6) is 0 Å². The van der Waals surface area contributed by atoms with Gasteiger partial charge in [-0.3, -0.25) is 0 Å². The minimum atomic E-state index is 0. The van der Waals surface area contributed by atoms with Crippen LogP contribution in [0.25, 0.3) is 12.2 Å². The van der Waals surface area contributed by atoms with Gasteiger partial charge >= 0.3 is 0 Å². The van der Waals surface area contributed by atoms with Gasteiger partial charge in [-0.2, -0.15) is 0 Å². The Hall–Kier alpha value is -1.56. The molecule has 0 unspecified atom stereocenters. The Morgan fingerprint density at radius 3 is 0.968 bits per heavy atom. The van der Waals surface area contributed by atoms with Gasteiger partial charge in [0, 0.05) is 28.9 Å². The van der Waals surface area contributed by atoms with E-state index in [9.17, 15) is 0 Å². The molecule has 2 aliphatic rings. The molecule has 0 N–H and O–H groups in total. The van der Waals surface area contributed by atoms with Gasteiger partial charge in [0.25, 0.3) is 0 Å². The molecule has 0 aromatic heterocycles. The molecule has 0 spiro atoms. The maximum Gasteiger partial charge on any atom is 0.0130 e. The van der Waals surface area contributed by atoms with E-state index in [0.29, 0.717) is 0 Å². The molecule has 0 bridgehead atoms. The molecule has 0 atom stereocenters. The number of rotatable bonds is 4. The van der Waals surface area contributed by atoms with Crippen molar-refractivity contribution in [1.29, 1.82) is 0 Å². The second kappa shape index (κ2) is 11.9. The third kappa shape index (κ3) is 6.71. The summed E-state index contributed by atoms with van der Waals surface area (Å²) in [6.45, 7) is 16.1. The predicted molar refractivity (Wildman–Crippen MR) is 131 cm³/mol. The SMILES string of the molecule is C=Cc1ccc([C]2[CH][C](C)[C](C)[CH]2)cc1.C=Cc1ccc([C]2[CH][C](C)[C](C)[CH]2)cc1.[Fe]. The zero-order valence-electron chi connectivity index (χ0n) is 18.9. The molecule has 0 heterocycles. The maximum atomic E-state index is 3.75. The Morgan fingerprint density at radius 2 is 0.742 bits per heavy atom. The largest absolute Gasteiger partial charge is 0.0985 e. The summed E-state index contributed by atoms with van der Waals surface area (Å²) in [5.41, 5.74) is 4.88. The molecule has 158 valence electrons. The van der Waals surface area contributed by atoms with Gasteiger partial charge in [0.05, 0.1) is 0 Å². The Balaban J connectivity index is 0.000000213. The molecule has 0 amide bonds. The molecule has 2 fully saturated rings. The average Bonchev–Trinajstić information content (AvgIpc) is 3.29. The first-order chi connectivity index (χ1) is 14.4. The molecule has 2 aromatic rings. The van der Waals surface area contributed by atoms with Crippen molar-refractivity contribution in [3.63, 3.8) is 0 Å². The van der Waals surface area contributed by atoms with Gasteiger partial charge < -0.3 is 0 Å². The first kappa shape index (κ1) is 25.7. The van der Waals surface area contributed by atoms with E-state index >= 15 is 0 Å². The zero-order valence-corrected chi connectivity index (χ0v) is 20.0. The van der Waals surface area contributed by atoms with Crippen molar-refractivity contribution in [2.24, 2.45) is 0 Å². The normalized spacial score (nSPS) is 19.0. The molecular formula is C30H30Fe. The summed E-state index contributed by atoms with van der Waals surface area (Å²) in [5, 5.41) is 0. The van der Waals surface area contributed by atoms with Crippen LogP contribution in [0.1, 0.15) is 49.9 Å². The van der Waals surface area contributed by atoms with Crippen LogP contribution in [0.15, 0.2) is 61.7 Å². The van der Waals surface area contributed by atoms with Gasteiger partial charge in [-0.15, -0.1) is 0 Å². The first-order valence-electron chi connectivity index (χ1n) is 10.3. The second-order valence-electron chi connectivity index (χ2n) is 7.87. The fraction of sp³-hybridized carbons (Fsp3) is 0.133. The van der Waals surface area contributed by atoms with Crippen LogP contribution in [0.2, 0.25) is 0 Å². The third-order valence-electron chi connectivity index (χ3n) is 5.69. The average molecular weight is 446 g/mol. The van der Waals surface area contributed by atoms with Crippen molar-refractivity contribution < 1.29 is 17.1 Å². The second-order valence-corrected chi connectivity index (χ2v) is 7.87. The van der Waals surface area contributed by atoms with Crippen LogP contribution in [0.4, 0.5) is 0 Å². The molecule has 2 aliphatic carbocycles. The molecule has 1 heteroatoms. The van der Waals surface area contributed by atoms with Gasteiger partial charge in [0.15, 0.2) is 0 Å². The van der Waals surface area contributed by atoms with Crippen molar-refractivity contribution in [2.75, 3.05) is 0 Å². The van der Waals surface area contributed by atoms with Crippen LogP contribution in [0.3, 0.4) is 0 Å². The van der Waals surface area contributed by atoms with Gasteiger partial charge in [-0.1, -0.05) is 102 Å². The van der Waals surface area contributed by atoms with E-state index in [1.165, 1.54) is 57.8 Å². The minimum absolute atomic E-state index is 0. The molecule has 0 aliphatic heterocycles. The van der Waals surface area contributed by atoms with E-state index in [1.54, 1.807) is 0 Å². The molecule has 4 rings (SSSR count). The van der Waals surface area contributed by atoms with E-state index in [4.69, 9.17) is 0 Å². The number of benzene rings is 2. The summed E-state index contributed by atoms with van der Waals surface area (Å²) in [6, 6.07) is 17.0. The third-order valence-corrected chi connectivity index (χ3v) is 5.69. The summed E-state index contributed by atoms with van der Waals surface area (Å²) >= 11 is 0. The van der Waals surface area contributed by atoms with Gasteiger partial charge in [-0.05, 0) is 71.6 Å². The van der Waals surface area contributed by atoms with Crippen LogP contribution in [-0.2, 0) is 17.1 Å². The molecule has 0 nitrogen and oxygen atoms in total. The van der Waals surface area contributed by atoms with Gasteiger partial charge in [-0.25, -0.2) is 0 Å². The van der Waals surface area contributed by atoms with Crippen LogP contribution < -0.4 is 0 Å². The van der Waals surface area contributed by atoms with Crippen molar-refractivity contribution in [3.05, 3.63) is 145 Å². The Bertz CT molecular complexity index is 725. The molecule has 0 saturated heterocycles. The first-order valence-corrected chi connectivity index (χ1v) is 10.3. The van der Waals surface area contributed by atoms with Crippen molar-refractivity contribution in [2.45, 2.75) is 27.7 Å². The smallest absolute Gasteiger partial charge is 0.0130 e. The quantitative estimate of drug-likeness (QED) is 0.422. The fourth-order valence-electron chi connectivity index (χ4n) is 3.43. The molecule has 31 heavy (non-hydrogen) atoms. The van der Waals surface area contributed by atoms with Gasteiger partial charge in [0.2, 0.25) is 0 Å². The summed E-state index contributed by atoms with van der Waals surface area (Å²) in [5.74, 6) is 8.05. The monoisotopic (exact) mass is 446 g/mol. The fourth-order valence-corrected chi connectivity index (χ4v) is 3.43. The Kier molecular flexibility index (Phi) is 9.86. The van der Waals surface area contributed by atoms with Crippen LogP contribution in [-0.4, -0.2) is 0 Å². The Labute approximate surface area is 201 Å². The summed E-state index contributed by atoms with van der Waals surface area (Å²) < 4.78 is 0. The zero-order chi connectivity index (χ0) is 21.7. The standard InChI is InChI=1S/2C15H15.Fe/c2*1-4-13-5-7-14(8-6-13)15-9-11(2)12(3)10-15;/h2*4-10H,1H2,2-3H3;. The summed E-state index contributed by atoms with van der Waals surface area (Å²) in [7, 11) is 0. The van der Waals surface area contributed by atoms with Crippen LogP contribution in [0, 0.1) is 61.2 Å². The Morgan fingerprint density at radius 1 is 0.484 bits per heavy atom. The van der Waals surface area contributed by atoms with E-state index in [0.717, 1.165) is 0 Å². The molecular weight excluding hydrogens is 416 g/mol.